The molecule has 1 heterocycles. The maximum Gasteiger partial charge on any atom is 0.417 e. The molecule has 2 N–H and O–H groups in total. The van der Waals surface area contributed by atoms with Crippen molar-refractivity contribution < 1.29 is 31.9 Å². The summed E-state index contributed by atoms with van der Waals surface area (Å²) in [6, 6.07) is 4.74. The highest BCUT2D eigenvalue weighted by atomic mass is 19.4. The zero-order chi connectivity index (χ0) is 17.3. The molecule has 0 saturated carbocycles. The number of hydrogen-bond acceptors (Lipinski definition) is 3. The second-order valence-corrected chi connectivity index (χ2v) is 5.12. The van der Waals surface area contributed by atoms with Gasteiger partial charge in [0.05, 0.1) is 23.9 Å². The van der Waals surface area contributed by atoms with Crippen molar-refractivity contribution in [1.82, 2.24) is 5.32 Å². The summed E-state index contributed by atoms with van der Waals surface area (Å²) in [7, 11) is 0. The van der Waals surface area contributed by atoms with E-state index in [0.717, 1.165) is 12.1 Å². The quantitative estimate of drug-likeness (QED) is 0.847. The Hall–Kier alpha value is -2.35. The number of aliphatic hydroxyl groups is 1. The summed E-state index contributed by atoms with van der Waals surface area (Å²) in [5, 5.41) is 12.3. The van der Waals surface area contributed by atoms with Gasteiger partial charge in [0.2, 0.25) is 0 Å². The minimum absolute atomic E-state index is 0.146. The first-order valence-corrected chi connectivity index (χ1v) is 6.52. The van der Waals surface area contributed by atoms with Gasteiger partial charge in [-0.1, -0.05) is 0 Å². The Morgan fingerprint density at radius 3 is 2.57 bits per heavy atom. The van der Waals surface area contributed by atoms with Crippen LogP contribution in [-0.4, -0.2) is 17.6 Å². The van der Waals surface area contributed by atoms with Gasteiger partial charge in [0.15, 0.2) is 0 Å². The van der Waals surface area contributed by atoms with Crippen molar-refractivity contribution in [2.45, 2.75) is 18.7 Å². The lowest BCUT2D eigenvalue weighted by molar-refractivity contribution is -0.138. The van der Waals surface area contributed by atoms with Crippen LogP contribution in [0.15, 0.2) is 41.0 Å². The molecule has 124 valence electrons. The molecule has 0 aliphatic carbocycles. The summed E-state index contributed by atoms with van der Waals surface area (Å²) in [4.78, 5) is 12.0. The number of amides is 1. The van der Waals surface area contributed by atoms with Crippen LogP contribution in [0.4, 0.5) is 17.6 Å². The van der Waals surface area contributed by atoms with Crippen LogP contribution < -0.4 is 5.32 Å². The summed E-state index contributed by atoms with van der Waals surface area (Å²) in [6.07, 6.45) is -3.56. The van der Waals surface area contributed by atoms with Gasteiger partial charge in [-0.15, -0.1) is 0 Å². The second-order valence-electron chi connectivity index (χ2n) is 5.12. The fraction of sp³-hybridized carbons (Fsp3) is 0.267. The Morgan fingerprint density at radius 1 is 1.30 bits per heavy atom. The zero-order valence-corrected chi connectivity index (χ0v) is 11.9. The van der Waals surface area contributed by atoms with Crippen LogP contribution in [0.1, 0.15) is 28.6 Å². The molecule has 2 aromatic rings. The highest BCUT2D eigenvalue weighted by Crippen LogP contribution is 2.32. The molecule has 0 bridgehead atoms. The van der Waals surface area contributed by atoms with E-state index in [0.29, 0.717) is 0 Å². The van der Waals surface area contributed by atoms with Crippen molar-refractivity contribution in [2.75, 3.05) is 6.54 Å². The van der Waals surface area contributed by atoms with Crippen molar-refractivity contribution in [2.24, 2.45) is 0 Å². The van der Waals surface area contributed by atoms with Crippen LogP contribution in [0.5, 0.6) is 0 Å². The van der Waals surface area contributed by atoms with Gasteiger partial charge in [0.25, 0.3) is 5.91 Å². The van der Waals surface area contributed by atoms with E-state index >= 15 is 0 Å². The van der Waals surface area contributed by atoms with Crippen LogP contribution in [0.25, 0.3) is 0 Å². The van der Waals surface area contributed by atoms with Crippen LogP contribution in [-0.2, 0) is 11.8 Å². The molecule has 1 atom stereocenters. The average Bonchev–Trinajstić information content (AvgIpc) is 2.99. The number of halogens is 4. The van der Waals surface area contributed by atoms with E-state index in [1.807, 2.05) is 0 Å². The molecule has 0 saturated heterocycles. The molecule has 23 heavy (non-hydrogen) atoms. The van der Waals surface area contributed by atoms with Gasteiger partial charge in [-0.25, -0.2) is 4.39 Å². The van der Waals surface area contributed by atoms with Gasteiger partial charge < -0.3 is 14.8 Å². The third kappa shape index (κ3) is 3.89. The molecule has 1 amide bonds. The Kier molecular flexibility index (Phi) is 4.46. The molecule has 0 radical (unpaired) electrons. The van der Waals surface area contributed by atoms with Crippen LogP contribution >= 0.6 is 0 Å². The molecule has 2 rings (SSSR count). The van der Waals surface area contributed by atoms with E-state index in [2.05, 4.69) is 5.32 Å². The zero-order valence-electron chi connectivity index (χ0n) is 11.9. The standard InChI is InChI=1S/C15H13F4NO3/c1-14(22,12-3-2-6-23-12)8-20-13(21)10-5-4-9(16)7-11(10)15(17,18)19/h2-7,22H,8H2,1H3,(H,20,21). The van der Waals surface area contributed by atoms with Gasteiger partial charge in [0.1, 0.15) is 17.2 Å². The molecule has 1 aromatic heterocycles. The van der Waals surface area contributed by atoms with E-state index in [1.165, 1.54) is 25.3 Å². The molecule has 1 aromatic carbocycles. The molecule has 8 heteroatoms. The van der Waals surface area contributed by atoms with E-state index in [-0.39, 0.29) is 18.4 Å². The molecule has 0 fully saturated rings. The lowest BCUT2D eigenvalue weighted by Gasteiger charge is -2.21. The Labute approximate surface area is 128 Å². The molecule has 0 aliphatic heterocycles. The van der Waals surface area contributed by atoms with Gasteiger partial charge >= 0.3 is 6.18 Å². The summed E-state index contributed by atoms with van der Waals surface area (Å²) in [5.41, 5.74) is -3.71. The summed E-state index contributed by atoms with van der Waals surface area (Å²) >= 11 is 0. The summed E-state index contributed by atoms with van der Waals surface area (Å²) in [5.74, 6) is -2.03. The number of alkyl halides is 3. The molecule has 0 spiro atoms. The predicted molar refractivity (Wildman–Crippen MR) is 72.0 cm³/mol. The maximum absolute atomic E-state index is 13.0. The number of benzene rings is 1. The normalized spacial score (nSPS) is 14.3. The Morgan fingerprint density at radius 2 is 2.00 bits per heavy atom. The van der Waals surface area contributed by atoms with Gasteiger partial charge in [-0.2, -0.15) is 13.2 Å². The van der Waals surface area contributed by atoms with Crippen LogP contribution in [0.2, 0.25) is 0 Å². The molecule has 4 nitrogen and oxygen atoms in total. The maximum atomic E-state index is 13.0. The first-order chi connectivity index (χ1) is 10.6. The molecule has 0 aliphatic rings. The average molecular weight is 331 g/mol. The number of nitrogens with one attached hydrogen (secondary N) is 1. The largest absolute Gasteiger partial charge is 0.466 e. The SMILES string of the molecule is CC(O)(CNC(=O)c1ccc(F)cc1C(F)(F)F)c1ccco1. The third-order valence-corrected chi connectivity index (χ3v) is 3.18. The minimum atomic E-state index is -4.88. The van der Waals surface area contributed by atoms with E-state index < -0.39 is 34.6 Å². The lowest BCUT2D eigenvalue weighted by Crippen LogP contribution is -2.39. The first kappa shape index (κ1) is 17.0. The highest BCUT2D eigenvalue weighted by Gasteiger charge is 2.36. The first-order valence-electron chi connectivity index (χ1n) is 6.52. The monoisotopic (exact) mass is 331 g/mol. The van der Waals surface area contributed by atoms with Crippen molar-refractivity contribution in [3.8, 4) is 0 Å². The number of rotatable bonds is 4. The van der Waals surface area contributed by atoms with Gasteiger partial charge in [0, 0.05) is 0 Å². The van der Waals surface area contributed by atoms with Gasteiger partial charge in [-0.05, 0) is 37.3 Å². The van der Waals surface area contributed by atoms with E-state index in [1.54, 1.807) is 0 Å². The van der Waals surface area contributed by atoms with Crippen LogP contribution in [0.3, 0.4) is 0 Å². The number of hydrogen-bond donors (Lipinski definition) is 2. The lowest BCUT2D eigenvalue weighted by atomic mass is 10.0. The Balaban J connectivity index is 2.19. The number of furan rings is 1. The van der Waals surface area contributed by atoms with E-state index in [4.69, 9.17) is 4.42 Å². The van der Waals surface area contributed by atoms with Gasteiger partial charge in [-0.3, -0.25) is 4.79 Å². The molecule has 1 unspecified atom stereocenters. The van der Waals surface area contributed by atoms with Crippen molar-refractivity contribution in [3.63, 3.8) is 0 Å². The Bertz CT molecular complexity index is 693. The third-order valence-electron chi connectivity index (χ3n) is 3.18. The summed E-state index contributed by atoms with van der Waals surface area (Å²) < 4.78 is 56.6. The highest BCUT2D eigenvalue weighted by molar-refractivity contribution is 5.95. The second kappa shape index (κ2) is 6.04. The van der Waals surface area contributed by atoms with Crippen molar-refractivity contribution in [1.29, 1.82) is 0 Å². The smallest absolute Gasteiger partial charge is 0.417 e. The van der Waals surface area contributed by atoms with Crippen molar-refractivity contribution in [3.05, 3.63) is 59.3 Å². The minimum Gasteiger partial charge on any atom is -0.466 e. The fourth-order valence-electron chi connectivity index (χ4n) is 1.97. The van der Waals surface area contributed by atoms with Crippen molar-refractivity contribution >= 4 is 5.91 Å². The number of carbonyl (C=O) groups excluding carboxylic acids is 1. The predicted octanol–water partition coefficient (Wildman–Crippen LogP) is 3.08. The molecular formula is C15H13F4NO3. The van der Waals surface area contributed by atoms with E-state index in [9.17, 15) is 27.5 Å². The van der Waals surface area contributed by atoms with Crippen LogP contribution in [0, 0.1) is 5.82 Å². The number of carbonyl (C=O) groups is 1. The topological polar surface area (TPSA) is 62.5 Å². The summed E-state index contributed by atoms with van der Waals surface area (Å²) in [6.45, 7) is 0.954. The fourth-order valence-corrected chi connectivity index (χ4v) is 1.97. The molecular weight excluding hydrogens is 318 g/mol.